The highest BCUT2D eigenvalue weighted by atomic mass is 79.9. The number of carbonyl (C=O) groups excluding carboxylic acids is 1. The van der Waals surface area contributed by atoms with Crippen LogP contribution in [0.2, 0.25) is 10.0 Å². The van der Waals surface area contributed by atoms with Crippen molar-refractivity contribution >= 4 is 66.4 Å². The molecule has 156 valence electrons. The van der Waals surface area contributed by atoms with Crippen LogP contribution in [0.25, 0.3) is 0 Å². The van der Waals surface area contributed by atoms with Crippen molar-refractivity contribution in [3.05, 3.63) is 86.8 Å². The van der Waals surface area contributed by atoms with Crippen molar-refractivity contribution in [2.45, 2.75) is 11.8 Å². The van der Waals surface area contributed by atoms with Crippen molar-refractivity contribution in [3.8, 4) is 0 Å². The van der Waals surface area contributed by atoms with Gasteiger partial charge in [0.2, 0.25) is 5.91 Å². The Morgan fingerprint density at radius 1 is 1.00 bits per heavy atom. The van der Waals surface area contributed by atoms with Crippen molar-refractivity contribution in [1.82, 2.24) is 0 Å². The molecule has 0 bridgehead atoms. The smallest absolute Gasteiger partial charge is 0.264 e. The molecular formula is C21H17BrCl2N2O3S. The first-order valence-corrected chi connectivity index (χ1v) is 11.8. The standard InChI is InChI=1S/C21H17BrCl2N2O3S/c1-14-2-9-18(10-3-14)30(28,29)26(17-7-4-15(22)5-8-17)13-21(27)25-20-12-16(23)6-11-19(20)24/h2-12H,13H2,1H3,(H,25,27). The largest absolute Gasteiger partial charge is 0.323 e. The number of sulfonamides is 1. The molecule has 1 amide bonds. The molecule has 0 saturated heterocycles. The zero-order chi connectivity index (χ0) is 21.9. The summed E-state index contributed by atoms with van der Waals surface area (Å²) in [6, 6.07) is 17.7. The van der Waals surface area contributed by atoms with E-state index in [-0.39, 0.29) is 4.90 Å². The number of rotatable bonds is 6. The van der Waals surface area contributed by atoms with Gasteiger partial charge in [-0.05, 0) is 61.5 Å². The van der Waals surface area contributed by atoms with Gasteiger partial charge in [-0.3, -0.25) is 9.10 Å². The van der Waals surface area contributed by atoms with Gasteiger partial charge < -0.3 is 5.32 Å². The van der Waals surface area contributed by atoms with Gasteiger partial charge in [-0.2, -0.15) is 0 Å². The van der Waals surface area contributed by atoms with Crippen LogP contribution >= 0.6 is 39.1 Å². The first-order chi connectivity index (χ1) is 14.2. The molecule has 0 atom stereocenters. The fourth-order valence-corrected chi connectivity index (χ4v) is 4.70. The van der Waals surface area contributed by atoms with E-state index < -0.39 is 22.5 Å². The van der Waals surface area contributed by atoms with Gasteiger partial charge in [0.25, 0.3) is 10.0 Å². The summed E-state index contributed by atoms with van der Waals surface area (Å²) in [7, 11) is -3.99. The number of nitrogens with one attached hydrogen (secondary N) is 1. The molecule has 1 N–H and O–H groups in total. The average molecular weight is 528 g/mol. The van der Waals surface area contributed by atoms with E-state index in [1.807, 2.05) is 6.92 Å². The molecular weight excluding hydrogens is 511 g/mol. The molecule has 0 unspecified atom stereocenters. The van der Waals surface area contributed by atoms with Crippen molar-refractivity contribution in [3.63, 3.8) is 0 Å². The van der Waals surface area contributed by atoms with Gasteiger partial charge in [0.05, 0.1) is 21.3 Å². The summed E-state index contributed by atoms with van der Waals surface area (Å²) in [5.74, 6) is -0.558. The summed E-state index contributed by atoms with van der Waals surface area (Å²) in [5, 5.41) is 3.32. The van der Waals surface area contributed by atoms with Gasteiger partial charge in [0.15, 0.2) is 0 Å². The number of benzene rings is 3. The van der Waals surface area contributed by atoms with Crippen LogP contribution in [0.5, 0.6) is 0 Å². The van der Waals surface area contributed by atoms with Crippen molar-refractivity contribution in [2.24, 2.45) is 0 Å². The Morgan fingerprint density at radius 3 is 2.27 bits per heavy atom. The van der Waals surface area contributed by atoms with Crippen LogP contribution in [0, 0.1) is 6.92 Å². The van der Waals surface area contributed by atoms with Crippen LogP contribution in [-0.4, -0.2) is 20.9 Å². The third-order valence-electron chi connectivity index (χ3n) is 4.21. The first kappa shape index (κ1) is 22.6. The molecule has 3 aromatic carbocycles. The van der Waals surface area contributed by atoms with Crippen LogP contribution in [0.4, 0.5) is 11.4 Å². The number of hydrogen-bond donors (Lipinski definition) is 1. The summed E-state index contributed by atoms with van der Waals surface area (Å²) in [6.45, 7) is 1.42. The molecule has 0 aliphatic heterocycles. The maximum absolute atomic E-state index is 13.3. The fraction of sp³-hybridized carbons (Fsp3) is 0.0952. The highest BCUT2D eigenvalue weighted by molar-refractivity contribution is 9.10. The lowest BCUT2D eigenvalue weighted by Gasteiger charge is -2.24. The zero-order valence-electron chi connectivity index (χ0n) is 15.8. The number of aryl methyl sites for hydroxylation is 1. The molecule has 0 heterocycles. The van der Waals surface area contributed by atoms with E-state index in [4.69, 9.17) is 23.2 Å². The zero-order valence-corrected chi connectivity index (χ0v) is 19.7. The van der Waals surface area contributed by atoms with Gasteiger partial charge in [0, 0.05) is 9.50 Å². The number of carbonyl (C=O) groups is 1. The second-order valence-corrected chi connectivity index (χ2v) is 10.1. The minimum Gasteiger partial charge on any atom is -0.323 e. The number of halogens is 3. The van der Waals surface area contributed by atoms with Gasteiger partial charge in [-0.25, -0.2) is 8.42 Å². The monoisotopic (exact) mass is 526 g/mol. The highest BCUT2D eigenvalue weighted by Crippen LogP contribution is 2.28. The summed E-state index contributed by atoms with van der Waals surface area (Å²) in [4.78, 5) is 12.8. The summed E-state index contributed by atoms with van der Waals surface area (Å²) in [6.07, 6.45) is 0. The van der Waals surface area contributed by atoms with Crippen LogP contribution < -0.4 is 9.62 Å². The van der Waals surface area contributed by atoms with Crippen LogP contribution in [0.3, 0.4) is 0 Å². The van der Waals surface area contributed by atoms with Gasteiger partial charge in [-0.15, -0.1) is 0 Å². The van der Waals surface area contributed by atoms with Crippen LogP contribution in [0.1, 0.15) is 5.56 Å². The number of nitrogens with zero attached hydrogens (tertiary/aromatic N) is 1. The Labute approximate surface area is 193 Å². The molecule has 0 aromatic heterocycles. The van der Waals surface area contributed by atoms with Crippen LogP contribution in [0.15, 0.2) is 76.1 Å². The molecule has 0 spiro atoms. The Hall–Kier alpha value is -2.06. The minimum absolute atomic E-state index is 0.0876. The molecule has 0 saturated carbocycles. The Kier molecular flexibility index (Phi) is 7.08. The number of anilines is 2. The predicted molar refractivity (Wildman–Crippen MR) is 125 cm³/mol. The number of hydrogen-bond acceptors (Lipinski definition) is 3. The topological polar surface area (TPSA) is 66.5 Å². The second kappa shape index (κ2) is 9.39. The van der Waals surface area contributed by atoms with Crippen molar-refractivity contribution < 1.29 is 13.2 Å². The fourth-order valence-electron chi connectivity index (χ4n) is 2.67. The third kappa shape index (κ3) is 5.35. The number of amides is 1. The third-order valence-corrected chi connectivity index (χ3v) is 7.09. The molecule has 9 heteroatoms. The molecule has 3 aromatic rings. The highest BCUT2D eigenvalue weighted by Gasteiger charge is 2.27. The normalized spacial score (nSPS) is 11.2. The lowest BCUT2D eigenvalue weighted by molar-refractivity contribution is -0.114. The van der Waals surface area contributed by atoms with E-state index in [9.17, 15) is 13.2 Å². The van der Waals surface area contributed by atoms with Crippen molar-refractivity contribution in [1.29, 1.82) is 0 Å². The van der Waals surface area contributed by atoms with Gasteiger partial charge >= 0.3 is 0 Å². The maximum Gasteiger partial charge on any atom is 0.264 e. The maximum atomic E-state index is 13.3. The SMILES string of the molecule is Cc1ccc(S(=O)(=O)N(CC(=O)Nc2cc(Cl)ccc2Cl)c2ccc(Br)cc2)cc1. The summed E-state index contributed by atoms with van der Waals surface area (Å²) in [5.41, 5.74) is 1.58. The molecule has 3 rings (SSSR count). The quantitative estimate of drug-likeness (QED) is 0.434. The Morgan fingerprint density at radius 2 is 1.63 bits per heavy atom. The molecule has 0 aliphatic carbocycles. The Bertz CT molecular complexity index is 1170. The summed E-state index contributed by atoms with van der Waals surface area (Å²) >= 11 is 15.4. The Balaban J connectivity index is 1.95. The lowest BCUT2D eigenvalue weighted by atomic mass is 10.2. The van der Waals surface area contributed by atoms with E-state index in [1.54, 1.807) is 48.5 Å². The van der Waals surface area contributed by atoms with E-state index >= 15 is 0 Å². The van der Waals surface area contributed by atoms with Crippen molar-refractivity contribution in [2.75, 3.05) is 16.2 Å². The second-order valence-electron chi connectivity index (χ2n) is 6.47. The summed E-state index contributed by atoms with van der Waals surface area (Å²) < 4.78 is 28.5. The molecule has 0 fully saturated rings. The predicted octanol–water partition coefficient (Wildman–Crippen LogP) is 5.90. The lowest BCUT2D eigenvalue weighted by Crippen LogP contribution is -2.38. The van der Waals surface area contributed by atoms with E-state index in [0.29, 0.717) is 21.4 Å². The van der Waals surface area contributed by atoms with E-state index in [2.05, 4.69) is 21.2 Å². The van der Waals surface area contributed by atoms with Gasteiger partial charge in [0.1, 0.15) is 6.54 Å². The molecule has 0 radical (unpaired) electrons. The van der Waals surface area contributed by atoms with Gasteiger partial charge in [-0.1, -0.05) is 56.8 Å². The van der Waals surface area contributed by atoms with E-state index in [1.165, 1.54) is 18.2 Å². The molecule has 30 heavy (non-hydrogen) atoms. The minimum atomic E-state index is -3.99. The molecule has 5 nitrogen and oxygen atoms in total. The average Bonchev–Trinajstić information content (AvgIpc) is 2.70. The molecule has 0 aliphatic rings. The first-order valence-electron chi connectivity index (χ1n) is 8.77. The van der Waals surface area contributed by atoms with E-state index in [0.717, 1.165) is 14.3 Å². The van der Waals surface area contributed by atoms with Crippen LogP contribution in [-0.2, 0) is 14.8 Å².